The lowest BCUT2D eigenvalue weighted by atomic mass is 10.1. The van der Waals surface area contributed by atoms with Crippen LogP contribution in [0, 0.1) is 0 Å². The van der Waals surface area contributed by atoms with Crippen molar-refractivity contribution in [1.82, 2.24) is 0 Å². The number of allylic oxidation sites excluding steroid dienone is 1. The highest BCUT2D eigenvalue weighted by atomic mass is 16.5. The van der Waals surface area contributed by atoms with E-state index in [1.54, 1.807) is 13.2 Å². The van der Waals surface area contributed by atoms with Crippen molar-refractivity contribution in [2.45, 2.75) is 19.8 Å². The lowest BCUT2D eigenvalue weighted by molar-refractivity contribution is -0.137. The maximum atomic E-state index is 11.4. The first-order chi connectivity index (χ1) is 8.26. The molecule has 0 N–H and O–H groups in total. The molecule has 0 heterocycles. The van der Waals surface area contributed by atoms with E-state index in [2.05, 4.69) is 0 Å². The molecule has 0 aliphatic heterocycles. The normalized spacial score (nSPS) is 15.8. The Morgan fingerprint density at radius 2 is 2.24 bits per heavy atom. The molecule has 90 valence electrons. The zero-order valence-electron chi connectivity index (χ0n) is 10.2. The Morgan fingerprint density at radius 1 is 1.41 bits per heavy atom. The molecule has 1 aromatic rings. The third-order valence-electron chi connectivity index (χ3n) is 2.92. The van der Waals surface area contributed by atoms with Crippen LogP contribution in [-0.2, 0) is 16.0 Å². The molecule has 3 nitrogen and oxygen atoms in total. The van der Waals surface area contributed by atoms with E-state index in [1.165, 1.54) is 5.56 Å². The van der Waals surface area contributed by atoms with Gasteiger partial charge in [0.15, 0.2) is 0 Å². The zero-order valence-corrected chi connectivity index (χ0v) is 10.2. The van der Waals surface area contributed by atoms with Gasteiger partial charge in [0.1, 0.15) is 5.75 Å². The molecule has 1 aromatic carbocycles. The number of ether oxygens (including phenoxy) is 2. The monoisotopic (exact) mass is 232 g/mol. The Hall–Kier alpha value is -1.77. The van der Waals surface area contributed by atoms with Crippen LogP contribution in [-0.4, -0.2) is 19.7 Å². The summed E-state index contributed by atoms with van der Waals surface area (Å²) in [4.78, 5) is 11.4. The summed E-state index contributed by atoms with van der Waals surface area (Å²) in [7, 11) is 1.67. The van der Waals surface area contributed by atoms with E-state index >= 15 is 0 Å². The summed E-state index contributed by atoms with van der Waals surface area (Å²) >= 11 is 0. The van der Waals surface area contributed by atoms with Crippen molar-refractivity contribution in [3.63, 3.8) is 0 Å². The Balaban J connectivity index is 2.31. The second-order valence-electron chi connectivity index (χ2n) is 3.91. The van der Waals surface area contributed by atoms with Gasteiger partial charge < -0.3 is 9.47 Å². The average Bonchev–Trinajstić information content (AvgIpc) is 2.73. The largest absolute Gasteiger partial charge is 0.496 e. The number of esters is 1. The molecule has 0 saturated carbocycles. The van der Waals surface area contributed by atoms with E-state index in [9.17, 15) is 4.79 Å². The van der Waals surface area contributed by atoms with Gasteiger partial charge >= 0.3 is 5.97 Å². The number of fused-ring (bicyclic) bond motifs is 1. The Bertz CT molecular complexity index is 461. The first-order valence-corrected chi connectivity index (χ1v) is 5.79. The predicted octanol–water partition coefficient (Wildman–Crippen LogP) is 2.59. The molecular formula is C14H16O3. The Labute approximate surface area is 101 Å². The smallest absolute Gasteiger partial charge is 0.331 e. The van der Waals surface area contributed by atoms with Gasteiger partial charge in [-0.05, 0) is 37.0 Å². The molecule has 17 heavy (non-hydrogen) atoms. The van der Waals surface area contributed by atoms with Crippen LogP contribution >= 0.6 is 0 Å². The number of hydrogen-bond acceptors (Lipinski definition) is 3. The highest BCUT2D eigenvalue weighted by molar-refractivity contribution is 5.93. The highest BCUT2D eigenvalue weighted by Gasteiger charge is 2.20. The number of carbonyl (C=O) groups excluding carboxylic acids is 1. The van der Waals surface area contributed by atoms with Crippen molar-refractivity contribution in [2.24, 2.45) is 0 Å². The van der Waals surface area contributed by atoms with Crippen LogP contribution in [0.4, 0.5) is 0 Å². The molecule has 0 saturated heterocycles. The maximum Gasteiger partial charge on any atom is 0.331 e. The summed E-state index contributed by atoms with van der Waals surface area (Å²) in [6.45, 7) is 2.22. The van der Waals surface area contributed by atoms with Crippen LogP contribution < -0.4 is 4.74 Å². The molecule has 1 aliphatic rings. The molecule has 0 spiro atoms. The van der Waals surface area contributed by atoms with Crippen molar-refractivity contribution in [3.8, 4) is 5.75 Å². The second-order valence-corrected chi connectivity index (χ2v) is 3.91. The van der Waals surface area contributed by atoms with Gasteiger partial charge in [-0.25, -0.2) is 4.79 Å². The second kappa shape index (κ2) is 5.04. The molecule has 1 aliphatic carbocycles. The standard InChI is InChI=1S/C14H16O3/c1-3-17-14(15)9-10-7-8-12-11(10)5-4-6-13(12)16-2/h4-6,9H,3,7-8H2,1-2H3. The summed E-state index contributed by atoms with van der Waals surface area (Å²) in [6, 6.07) is 5.92. The quantitative estimate of drug-likeness (QED) is 0.593. The number of methoxy groups -OCH3 is 1. The maximum absolute atomic E-state index is 11.4. The summed E-state index contributed by atoms with van der Waals surface area (Å²) in [6.07, 6.45) is 3.38. The van der Waals surface area contributed by atoms with Crippen LogP contribution in [0.15, 0.2) is 24.3 Å². The van der Waals surface area contributed by atoms with Crippen molar-refractivity contribution < 1.29 is 14.3 Å². The minimum absolute atomic E-state index is 0.266. The van der Waals surface area contributed by atoms with Gasteiger partial charge in [0.2, 0.25) is 0 Å². The minimum atomic E-state index is -0.266. The van der Waals surface area contributed by atoms with Crippen LogP contribution in [0.2, 0.25) is 0 Å². The average molecular weight is 232 g/mol. The fourth-order valence-corrected chi connectivity index (χ4v) is 2.19. The summed E-state index contributed by atoms with van der Waals surface area (Å²) in [5.41, 5.74) is 3.33. The molecule has 0 amide bonds. The molecule has 0 unspecified atom stereocenters. The highest BCUT2D eigenvalue weighted by Crippen LogP contribution is 2.37. The molecule has 2 rings (SSSR count). The molecule has 0 fully saturated rings. The molecule has 0 radical (unpaired) electrons. The van der Waals surface area contributed by atoms with Gasteiger partial charge in [-0.1, -0.05) is 12.1 Å². The fourth-order valence-electron chi connectivity index (χ4n) is 2.19. The van der Waals surface area contributed by atoms with Gasteiger partial charge in [0.25, 0.3) is 0 Å². The van der Waals surface area contributed by atoms with Crippen LogP contribution in [0.25, 0.3) is 5.57 Å². The zero-order chi connectivity index (χ0) is 12.3. The predicted molar refractivity (Wildman–Crippen MR) is 65.9 cm³/mol. The number of benzene rings is 1. The lowest BCUT2D eigenvalue weighted by Gasteiger charge is -2.06. The molecule has 3 heteroatoms. The van der Waals surface area contributed by atoms with E-state index in [1.807, 2.05) is 25.1 Å². The molecule has 0 bridgehead atoms. The van der Waals surface area contributed by atoms with Crippen LogP contribution in [0.5, 0.6) is 5.75 Å². The number of rotatable bonds is 3. The fraction of sp³-hybridized carbons (Fsp3) is 0.357. The van der Waals surface area contributed by atoms with Gasteiger partial charge in [0.05, 0.1) is 13.7 Å². The third-order valence-corrected chi connectivity index (χ3v) is 2.92. The molecular weight excluding hydrogens is 216 g/mol. The van der Waals surface area contributed by atoms with Gasteiger partial charge in [-0.15, -0.1) is 0 Å². The first kappa shape index (κ1) is 11.7. The number of carbonyl (C=O) groups is 1. The van der Waals surface area contributed by atoms with E-state index < -0.39 is 0 Å². The summed E-state index contributed by atoms with van der Waals surface area (Å²) in [5, 5.41) is 0. The van der Waals surface area contributed by atoms with E-state index in [0.29, 0.717) is 6.61 Å². The van der Waals surface area contributed by atoms with E-state index in [-0.39, 0.29) is 5.97 Å². The van der Waals surface area contributed by atoms with Crippen molar-refractivity contribution >= 4 is 11.5 Å². The van der Waals surface area contributed by atoms with Crippen molar-refractivity contribution in [3.05, 3.63) is 35.4 Å². The first-order valence-electron chi connectivity index (χ1n) is 5.79. The van der Waals surface area contributed by atoms with Crippen LogP contribution in [0.3, 0.4) is 0 Å². The molecule has 0 atom stereocenters. The minimum Gasteiger partial charge on any atom is -0.496 e. The van der Waals surface area contributed by atoms with E-state index in [0.717, 1.165) is 29.7 Å². The van der Waals surface area contributed by atoms with Crippen LogP contribution in [0.1, 0.15) is 24.5 Å². The van der Waals surface area contributed by atoms with Crippen molar-refractivity contribution in [2.75, 3.05) is 13.7 Å². The summed E-state index contributed by atoms with van der Waals surface area (Å²) < 4.78 is 10.2. The Morgan fingerprint density at radius 3 is 2.94 bits per heavy atom. The van der Waals surface area contributed by atoms with Gasteiger partial charge in [0, 0.05) is 11.6 Å². The van der Waals surface area contributed by atoms with Gasteiger partial charge in [-0.3, -0.25) is 0 Å². The third kappa shape index (κ3) is 2.33. The number of hydrogen-bond donors (Lipinski definition) is 0. The summed E-state index contributed by atoms with van der Waals surface area (Å²) in [5.74, 6) is 0.632. The SMILES string of the molecule is CCOC(=O)C=C1CCc2c(OC)cccc21. The Kier molecular flexibility index (Phi) is 3.47. The van der Waals surface area contributed by atoms with Crippen molar-refractivity contribution in [1.29, 1.82) is 0 Å². The van der Waals surface area contributed by atoms with E-state index in [4.69, 9.17) is 9.47 Å². The lowest BCUT2D eigenvalue weighted by Crippen LogP contribution is -2.00. The molecule has 0 aromatic heterocycles. The van der Waals surface area contributed by atoms with Gasteiger partial charge in [-0.2, -0.15) is 0 Å². The topological polar surface area (TPSA) is 35.5 Å².